The molecule has 1 aliphatic rings. The Morgan fingerprint density at radius 3 is 2.85 bits per heavy atom. The van der Waals surface area contributed by atoms with Gasteiger partial charge in [-0.15, -0.1) is 0 Å². The molecule has 1 fully saturated rings. The second-order valence-electron chi connectivity index (χ2n) is 5.87. The summed E-state index contributed by atoms with van der Waals surface area (Å²) in [4.78, 5) is 13.6. The first-order valence-corrected chi connectivity index (χ1v) is 7.66. The zero-order valence-electron chi connectivity index (χ0n) is 12.5. The Balaban J connectivity index is 2.05. The van der Waals surface area contributed by atoms with Crippen molar-refractivity contribution in [2.75, 3.05) is 6.54 Å². The lowest BCUT2D eigenvalue weighted by atomic mass is 9.90. The largest absolute Gasteiger partial charge is 0.481 e. The van der Waals surface area contributed by atoms with E-state index in [2.05, 4.69) is 36.1 Å². The topological polar surface area (TPSA) is 40.5 Å². The number of nitrogens with zero attached hydrogens (tertiary/aromatic N) is 1. The molecule has 1 heterocycles. The molecule has 0 spiro atoms. The second kappa shape index (κ2) is 6.89. The van der Waals surface area contributed by atoms with Gasteiger partial charge in [-0.05, 0) is 43.9 Å². The van der Waals surface area contributed by atoms with Gasteiger partial charge in [-0.2, -0.15) is 0 Å². The van der Waals surface area contributed by atoms with Crippen molar-refractivity contribution in [3.63, 3.8) is 0 Å². The highest BCUT2D eigenvalue weighted by Gasteiger charge is 2.32. The van der Waals surface area contributed by atoms with Crippen molar-refractivity contribution in [2.45, 2.75) is 52.1 Å². The van der Waals surface area contributed by atoms with Gasteiger partial charge >= 0.3 is 5.97 Å². The molecule has 1 aromatic rings. The van der Waals surface area contributed by atoms with Crippen LogP contribution in [0, 0.1) is 5.92 Å². The molecule has 0 unspecified atom stereocenters. The van der Waals surface area contributed by atoms with Gasteiger partial charge in [0, 0.05) is 12.6 Å². The van der Waals surface area contributed by atoms with E-state index in [1.54, 1.807) is 0 Å². The van der Waals surface area contributed by atoms with Crippen molar-refractivity contribution in [2.24, 2.45) is 5.92 Å². The number of carboxylic acid groups (broad SMARTS) is 1. The first-order valence-electron chi connectivity index (χ1n) is 7.66. The van der Waals surface area contributed by atoms with E-state index < -0.39 is 5.97 Å². The molecular weight excluding hydrogens is 250 g/mol. The molecule has 0 bridgehead atoms. The molecule has 1 saturated heterocycles. The number of rotatable bonds is 5. The van der Waals surface area contributed by atoms with Gasteiger partial charge in [0.05, 0.1) is 5.92 Å². The number of likely N-dealkylation sites (tertiary alicyclic amines) is 1. The summed E-state index contributed by atoms with van der Waals surface area (Å²) in [7, 11) is 0. The maximum absolute atomic E-state index is 11.3. The van der Waals surface area contributed by atoms with Crippen molar-refractivity contribution < 1.29 is 9.90 Å². The number of piperidine rings is 1. The van der Waals surface area contributed by atoms with Crippen LogP contribution in [0.5, 0.6) is 0 Å². The van der Waals surface area contributed by atoms with Gasteiger partial charge in [-0.3, -0.25) is 9.69 Å². The van der Waals surface area contributed by atoms with E-state index in [9.17, 15) is 9.90 Å². The van der Waals surface area contributed by atoms with Crippen LogP contribution in [0.25, 0.3) is 0 Å². The lowest BCUT2D eigenvalue weighted by Crippen LogP contribution is -2.45. The maximum Gasteiger partial charge on any atom is 0.308 e. The van der Waals surface area contributed by atoms with E-state index in [0.29, 0.717) is 0 Å². The van der Waals surface area contributed by atoms with E-state index in [1.165, 1.54) is 11.1 Å². The summed E-state index contributed by atoms with van der Waals surface area (Å²) in [6, 6.07) is 8.82. The number of carbonyl (C=O) groups is 1. The van der Waals surface area contributed by atoms with Crippen LogP contribution < -0.4 is 0 Å². The molecule has 0 aromatic heterocycles. The third kappa shape index (κ3) is 3.60. The first kappa shape index (κ1) is 15.0. The van der Waals surface area contributed by atoms with Gasteiger partial charge in [0.1, 0.15) is 0 Å². The second-order valence-corrected chi connectivity index (χ2v) is 5.87. The van der Waals surface area contributed by atoms with Crippen molar-refractivity contribution in [1.29, 1.82) is 0 Å². The predicted molar refractivity (Wildman–Crippen MR) is 80.7 cm³/mol. The van der Waals surface area contributed by atoms with E-state index in [4.69, 9.17) is 0 Å². The number of aryl methyl sites for hydroxylation is 1. The van der Waals surface area contributed by atoms with E-state index in [1.807, 2.05) is 6.92 Å². The molecule has 110 valence electrons. The fourth-order valence-electron chi connectivity index (χ4n) is 3.17. The molecule has 20 heavy (non-hydrogen) atoms. The molecule has 1 aromatic carbocycles. The lowest BCUT2D eigenvalue weighted by molar-refractivity contribution is -0.145. The van der Waals surface area contributed by atoms with Crippen LogP contribution in [0.2, 0.25) is 0 Å². The smallest absolute Gasteiger partial charge is 0.308 e. The molecule has 0 amide bonds. The Morgan fingerprint density at radius 1 is 1.40 bits per heavy atom. The fraction of sp³-hybridized carbons (Fsp3) is 0.588. The number of benzene rings is 1. The van der Waals surface area contributed by atoms with Crippen LogP contribution in [0.15, 0.2) is 24.3 Å². The lowest BCUT2D eigenvalue weighted by Gasteiger charge is -2.37. The Labute approximate surface area is 121 Å². The predicted octanol–water partition coefficient (Wildman–Crippen LogP) is 3.32. The van der Waals surface area contributed by atoms with Crippen molar-refractivity contribution in [3.8, 4) is 0 Å². The van der Waals surface area contributed by atoms with Crippen LogP contribution in [0.1, 0.15) is 44.2 Å². The van der Waals surface area contributed by atoms with Crippen LogP contribution >= 0.6 is 0 Å². The van der Waals surface area contributed by atoms with Gasteiger partial charge in [0.15, 0.2) is 0 Å². The van der Waals surface area contributed by atoms with Crippen molar-refractivity contribution >= 4 is 5.97 Å². The minimum absolute atomic E-state index is 0.121. The van der Waals surface area contributed by atoms with Crippen LogP contribution in [0.4, 0.5) is 0 Å². The van der Waals surface area contributed by atoms with Crippen molar-refractivity contribution in [1.82, 2.24) is 4.90 Å². The van der Waals surface area contributed by atoms with E-state index >= 15 is 0 Å². The molecule has 0 saturated carbocycles. The highest BCUT2D eigenvalue weighted by atomic mass is 16.4. The average Bonchev–Trinajstić information content (AvgIpc) is 2.42. The summed E-state index contributed by atoms with van der Waals surface area (Å²) in [5.74, 6) is -0.871. The highest BCUT2D eigenvalue weighted by Crippen LogP contribution is 2.25. The van der Waals surface area contributed by atoms with E-state index in [-0.39, 0.29) is 12.0 Å². The van der Waals surface area contributed by atoms with Gasteiger partial charge < -0.3 is 5.11 Å². The summed E-state index contributed by atoms with van der Waals surface area (Å²) < 4.78 is 0. The fourth-order valence-corrected chi connectivity index (χ4v) is 3.17. The Kier molecular flexibility index (Phi) is 5.18. The maximum atomic E-state index is 11.3. The molecule has 3 heteroatoms. The summed E-state index contributed by atoms with van der Waals surface area (Å²) in [5, 5.41) is 9.28. The number of carboxylic acids is 1. The number of aliphatic carboxylic acids is 1. The average molecular weight is 275 g/mol. The van der Waals surface area contributed by atoms with Crippen LogP contribution in [-0.2, 0) is 17.8 Å². The molecule has 0 aliphatic carbocycles. The van der Waals surface area contributed by atoms with Crippen LogP contribution in [-0.4, -0.2) is 28.6 Å². The highest BCUT2D eigenvalue weighted by molar-refractivity contribution is 5.70. The summed E-state index contributed by atoms with van der Waals surface area (Å²) >= 11 is 0. The van der Waals surface area contributed by atoms with Gasteiger partial charge in [0.25, 0.3) is 0 Å². The standard InChI is InChI=1S/C17H25NO2/c1-3-6-14-7-4-8-15(11-14)12-18-10-5-9-16(13(18)2)17(19)20/h4,7-8,11,13,16H,3,5-6,9-10,12H2,1-2H3,(H,19,20)/t13-,16-/m0/s1. The third-order valence-corrected chi connectivity index (χ3v) is 4.35. The Bertz CT molecular complexity index is 458. The molecule has 1 aliphatic heterocycles. The quantitative estimate of drug-likeness (QED) is 0.896. The normalized spacial score (nSPS) is 23.7. The molecule has 1 N–H and O–H groups in total. The summed E-state index contributed by atoms with van der Waals surface area (Å²) in [5.41, 5.74) is 2.68. The Morgan fingerprint density at radius 2 is 2.15 bits per heavy atom. The summed E-state index contributed by atoms with van der Waals surface area (Å²) in [6.45, 7) is 6.11. The van der Waals surface area contributed by atoms with Gasteiger partial charge in [-0.1, -0.05) is 37.6 Å². The van der Waals surface area contributed by atoms with E-state index in [0.717, 1.165) is 38.8 Å². The SMILES string of the molecule is CCCc1cccc(CN2CCC[C@H](C(=O)O)[C@@H]2C)c1. The monoisotopic (exact) mass is 275 g/mol. The molecule has 2 rings (SSSR count). The van der Waals surface area contributed by atoms with Crippen molar-refractivity contribution in [3.05, 3.63) is 35.4 Å². The number of hydrogen-bond acceptors (Lipinski definition) is 2. The van der Waals surface area contributed by atoms with Gasteiger partial charge in [0.2, 0.25) is 0 Å². The van der Waals surface area contributed by atoms with Gasteiger partial charge in [-0.25, -0.2) is 0 Å². The minimum atomic E-state index is -0.651. The molecule has 2 atom stereocenters. The zero-order chi connectivity index (χ0) is 14.5. The Hall–Kier alpha value is -1.35. The number of hydrogen-bond donors (Lipinski definition) is 1. The molecular formula is C17H25NO2. The summed E-state index contributed by atoms with van der Waals surface area (Å²) in [6.07, 6.45) is 4.06. The van der Waals surface area contributed by atoms with Crippen LogP contribution in [0.3, 0.4) is 0 Å². The first-order chi connectivity index (χ1) is 9.61. The zero-order valence-corrected chi connectivity index (χ0v) is 12.5. The minimum Gasteiger partial charge on any atom is -0.481 e. The molecule has 3 nitrogen and oxygen atoms in total. The third-order valence-electron chi connectivity index (χ3n) is 4.35. The molecule has 0 radical (unpaired) electrons.